The van der Waals surface area contributed by atoms with Crippen LogP contribution in [-0.2, 0) is 13.1 Å². The second-order valence-corrected chi connectivity index (χ2v) is 7.32. The average Bonchev–Trinajstić information content (AvgIpc) is 3.28. The molecule has 4 aromatic rings. The molecule has 28 heavy (non-hydrogen) atoms. The summed E-state index contributed by atoms with van der Waals surface area (Å²) >= 11 is 1.17. The highest BCUT2D eigenvalue weighted by atomic mass is 32.1. The predicted molar refractivity (Wildman–Crippen MR) is 104 cm³/mol. The van der Waals surface area contributed by atoms with E-state index < -0.39 is 17.3 Å². The van der Waals surface area contributed by atoms with Gasteiger partial charge >= 0.3 is 5.97 Å². The molecule has 0 radical (unpaired) electrons. The number of carbonyl (C=O) groups is 1. The van der Waals surface area contributed by atoms with Gasteiger partial charge in [-0.15, -0.1) is 11.3 Å². The Morgan fingerprint density at radius 2 is 2.07 bits per heavy atom. The van der Waals surface area contributed by atoms with Crippen LogP contribution in [0.2, 0.25) is 0 Å². The summed E-state index contributed by atoms with van der Waals surface area (Å²) < 4.78 is 3.49. The van der Waals surface area contributed by atoms with E-state index in [1.165, 1.54) is 15.9 Å². The van der Waals surface area contributed by atoms with Crippen molar-refractivity contribution in [3.05, 3.63) is 74.9 Å². The summed E-state index contributed by atoms with van der Waals surface area (Å²) in [5, 5.41) is 25.5. The Morgan fingerprint density at radius 3 is 2.82 bits per heavy atom. The maximum Gasteiger partial charge on any atom is 0.341 e. The predicted octanol–water partition coefficient (Wildman–Crippen LogP) is 2.46. The van der Waals surface area contributed by atoms with E-state index in [2.05, 4.69) is 10.1 Å². The van der Waals surface area contributed by atoms with Crippen LogP contribution in [0.25, 0.3) is 10.2 Å². The standard InChI is InChI=1S/C19H16N4O4S/c1-11-6-12(2-4-20-11)8-22-9-13(7-21-22)10-23-14-3-5-28-17(14)15(19(26)27)16(24)18(23)25/h2-7,9,24H,8,10H2,1H3,(H,26,27). The zero-order chi connectivity index (χ0) is 19.8. The second-order valence-electron chi connectivity index (χ2n) is 6.41. The highest BCUT2D eigenvalue weighted by Gasteiger charge is 2.22. The molecule has 8 nitrogen and oxygen atoms in total. The molecule has 0 saturated carbocycles. The monoisotopic (exact) mass is 396 g/mol. The van der Waals surface area contributed by atoms with Crippen molar-refractivity contribution in [3.63, 3.8) is 0 Å². The normalized spacial score (nSPS) is 11.2. The van der Waals surface area contributed by atoms with Crippen molar-refractivity contribution >= 4 is 27.5 Å². The minimum atomic E-state index is -1.32. The number of hydrogen-bond acceptors (Lipinski definition) is 6. The molecule has 0 spiro atoms. The molecule has 0 aliphatic rings. The van der Waals surface area contributed by atoms with Crippen molar-refractivity contribution in [1.82, 2.24) is 19.3 Å². The molecule has 0 unspecified atom stereocenters. The third-order valence-corrected chi connectivity index (χ3v) is 5.31. The number of aromatic carboxylic acids is 1. The summed E-state index contributed by atoms with van der Waals surface area (Å²) in [5.74, 6) is -2.07. The Kier molecular flexibility index (Phi) is 4.44. The number of carboxylic acid groups (broad SMARTS) is 1. The minimum Gasteiger partial charge on any atom is -0.502 e. The highest BCUT2D eigenvalue weighted by Crippen LogP contribution is 2.29. The van der Waals surface area contributed by atoms with Crippen molar-refractivity contribution in [2.45, 2.75) is 20.0 Å². The van der Waals surface area contributed by atoms with Gasteiger partial charge in [-0.1, -0.05) is 0 Å². The van der Waals surface area contributed by atoms with Crippen molar-refractivity contribution in [3.8, 4) is 5.75 Å². The zero-order valence-electron chi connectivity index (χ0n) is 14.9. The number of pyridine rings is 2. The van der Waals surface area contributed by atoms with Crippen LogP contribution in [0, 0.1) is 6.92 Å². The molecule has 4 aromatic heterocycles. The van der Waals surface area contributed by atoms with Crippen LogP contribution in [0.5, 0.6) is 5.75 Å². The van der Waals surface area contributed by atoms with Crippen molar-refractivity contribution in [2.24, 2.45) is 0 Å². The zero-order valence-corrected chi connectivity index (χ0v) is 15.7. The number of aryl methyl sites for hydroxylation is 1. The maximum absolute atomic E-state index is 12.6. The largest absolute Gasteiger partial charge is 0.502 e. The topological polar surface area (TPSA) is 110 Å². The summed E-state index contributed by atoms with van der Waals surface area (Å²) in [6.07, 6.45) is 5.22. The van der Waals surface area contributed by atoms with Crippen molar-refractivity contribution in [1.29, 1.82) is 0 Å². The number of fused-ring (bicyclic) bond motifs is 1. The second kappa shape index (κ2) is 6.93. The number of aromatic nitrogens is 4. The Morgan fingerprint density at radius 1 is 1.25 bits per heavy atom. The van der Waals surface area contributed by atoms with Gasteiger partial charge in [-0.2, -0.15) is 5.10 Å². The van der Waals surface area contributed by atoms with Gasteiger partial charge in [-0.25, -0.2) is 4.79 Å². The van der Waals surface area contributed by atoms with Crippen LogP contribution < -0.4 is 5.56 Å². The van der Waals surface area contributed by atoms with Crippen molar-refractivity contribution in [2.75, 3.05) is 0 Å². The van der Waals surface area contributed by atoms with Gasteiger partial charge in [-0.3, -0.25) is 19.0 Å². The van der Waals surface area contributed by atoms with E-state index in [1.54, 1.807) is 28.5 Å². The molecular weight excluding hydrogens is 380 g/mol. The fraction of sp³-hybridized carbons (Fsp3) is 0.158. The molecule has 4 rings (SSSR count). The van der Waals surface area contributed by atoms with Gasteiger partial charge in [-0.05, 0) is 36.1 Å². The Labute approximate surface area is 162 Å². The molecule has 0 amide bonds. The quantitative estimate of drug-likeness (QED) is 0.536. The van der Waals surface area contributed by atoms with E-state index in [0.717, 1.165) is 16.8 Å². The van der Waals surface area contributed by atoms with Crippen LogP contribution in [0.15, 0.2) is 47.0 Å². The van der Waals surface area contributed by atoms with Gasteiger partial charge in [0.05, 0.1) is 29.5 Å². The maximum atomic E-state index is 12.6. The average molecular weight is 396 g/mol. The Balaban J connectivity index is 1.68. The lowest BCUT2D eigenvalue weighted by atomic mass is 10.2. The van der Waals surface area contributed by atoms with Gasteiger partial charge < -0.3 is 10.2 Å². The van der Waals surface area contributed by atoms with Crippen LogP contribution in [0.4, 0.5) is 0 Å². The summed E-state index contributed by atoms with van der Waals surface area (Å²) in [6.45, 7) is 2.66. The van der Waals surface area contributed by atoms with Gasteiger partial charge in [0.2, 0.25) is 0 Å². The fourth-order valence-electron chi connectivity index (χ4n) is 3.16. The van der Waals surface area contributed by atoms with E-state index in [1.807, 2.05) is 25.3 Å². The molecule has 2 N–H and O–H groups in total. The summed E-state index contributed by atoms with van der Waals surface area (Å²) in [4.78, 5) is 28.2. The smallest absolute Gasteiger partial charge is 0.341 e. The van der Waals surface area contributed by atoms with E-state index in [0.29, 0.717) is 16.8 Å². The lowest BCUT2D eigenvalue weighted by Crippen LogP contribution is -2.22. The Hall–Kier alpha value is -3.46. The molecule has 9 heteroatoms. The highest BCUT2D eigenvalue weighted by molar-refractivity contribution is 7.17. The van der Waals surface area contributed by atoms with Crippen molar-refractivity contribution < 1.29 is 15.0 Å². The van der Waals surface area contributed by atoms with E-state index in [-0.39, 0.29) is 12.1 Å². The lowest BCUT2D eigenvalue weighted by molar-refractivity contribution is 0.0695. The number of nitrogens with zero attached hydrogens (tertiary/aromatic N) is 4. The summed E-state index contributed by atoms with van der Waals surface area (Å²) in [5.41, 5.74) is 2.13. The number of thiophene rings is 1. The van der Waals surface area contributed by atoms with Crippen LogP contribution in [0.3, 0.4) is 0 Å². The summed E-state index contributed by atoms with van der Waals surface area (Å²) in [7, 11) is 0. The first-order valence-corrected chi connectivity index (χ1v) is 9.31. The van der Waals surface area contributed by atoms with E-state index in [9.17, 15) is 19.8 Å². The van der Waals surface area contributed by atoms with Gasteiger partial charge in [0.1, 0.15) is 5.56 Å². The van der Waals surface area contributed by atoms with E-state index in [4.69, 9.17) is 0 Å². The third-order valence-electron chi connectivity index (χ3n) is 4.39. The van der Waals surface area contributed by atoms with Gasteiger partial charge in [0.15, 0.2) is 5.75 Å². The number of carboxylic acids is 1. The number of aromatic hydroxyl groups is 1. The van der Waals surface area contributed by atoms with E-state index >= 15 is 0 Å². The third kappa shape index (κ3) is 3.16. The molecular formula is C19H16N4O4S. The molecule has 4 heterocycles. The minimum absolute atomic E-state index is 0.175. The Bertz CT molecular complexity index is 1250. The van der Waals surface area contributed by atoms with Crippen LogP contribution in [-0.4, -0.2) is 35.5 Å². The lowest BCUT2D eigenvalue weighted by Gasteiger charge is -2.09. The number of rotatable bonds is 5. The molecule has 0 saturated heterocycles. The number of hydrogen-bond donors (Lipinski definition) is 2. The van der Waals surface area contributed by atoms with Gasteiger partial charge in [0, 0.05) is 23.7 Å². The molecule has 0 fully saturated rings. The first-order chi connectivity index (χ1) is 13.4. The SMILES string of the molecule is Cc1cc(Cn2cc(Cn3c(=O)c(O)c(C(=O)O)c4sccc43)cn2)ccn1. The molecule has 0 aromatic carbocycles. The molecule has 0 atom stereocenters. The van der Waals surface area contributed by atoms with Crippen LogP contribution >= 0.6 is 11.3 Å². The first kappa shape index (κ1) is 17.9. The molecule has 0 aliphatic heterocycles. The van der Waals surface area contributed by atoms with Crippen LogP contribution in [0.1, 0.15) is 27.2 Å². The molecule has 0 aliphatic carbocycles. The summed E-state index contributed by atoms with van der Waals surface area (Å²) in [6, 6.07) is 5.57. The fourth-order valence-corrected chi connectivity index (χ4v) is 4.09. The molecule has 142 valence electrons. The van der Waals surface area contributed by atoms with Gasteiger partial charge in [0.25, 0.3) is 5.56 Å². The first-order valence-electron chi connectivity index (χ1n) is 8.43. The molecule has 0 bridgehead atoms.